The molecule has 3 atom stereocenters. The van der Waals surface area contributed by atoms with Gasteiger partial charge in [0.1, 0.15) is 18.5 Å². The van der Waals surface area contributed by atoms with Crippen molar-refractivity contribution in [2.45, 2.75) is 82.7 Å². The quantitative estimate of drug-likeness (QED) is 0.0219. The molecule has 5 aliphatic rings. The van der Waals surface area contributed by atoms with Crippen LogP contribution in [0.2, 0.25) is 10.0 Å². The second-order valence-corrected chi connectivity index (χ2v) is 23.9. The van der Waals surface area contributed by atoms with E-state index in [0.29, 0.717) is 152 Å². The van der Waals surface area contributed by atoms with Crippen LogP contribution in [0.4, 0.5) is 26.4 Å². The zero-order chi connectivity index (χ0) is 64.3. The highest BCUT2D eigenvalue weighted by molar-refractivity contribution is 6.36. The molecule has 4 aromatic carbocycles. The number of ether oxygens (including phenoxy) is 7. The summed E-state index contributed by atoms with van der Waals surface area (Å²) in [7, 11) is 0. The van der Waals surface area contributed by atoms with Gasteiger partial charge in [0.15, 0.2) is 5.83 Å². The minimum Gasteiger partial charge on any atom is -0.462 e. The Morgan fingerprint density at radius 2 is 1.48 bits per heavy atom. The van der Waals surface area contributed by atoms with Crippen molar-refractivity contribution in [3.8, 4) is 12.1 Å². The summed E-state index contributed by atoms with van der Waals surface area (Å²) in [5.74, 6) is -2.20. The zero-order valence-corrected chi connectivity index (χ0v) is 53.0. The fourth-order valence-corrected chi connectivity index (χ4v) is 12.8. The molecule has 1 unspecified atom stereocenters. The topological polar surface area (TPSA) is 252 Å². The van der Waals surface area contributed by atoms with Gasteiger partial charge in [-0.2, -0.15) is 15.2 Å². The Labute approximate surface area is 544 Å². The van der Waals surface area contributed by atoms with E-state index in [9.17, 15) is 33.6 Å². The molecule has 5 aliphatic heterocycles. The van der Waals surface area contributed by atoms with Gasteiger partial charge in [-0.05, 0) is 97.1 Å². The van der Waals surface area contributed by atoms with Crippen LogP contribution in [-0.2, 0) is 75.3 Å². The third kappa shape index (κ3) is 18.0. The maximum atomic E-state index is 14.1. The number of rotatable bonds is 32. The average Bonchev–Trinajstić information content (AvgIpc) is 1.23. The third-order valence-electron chi connectivity index (χ3n) is 16.9. The molecule has 3 saturated heterocycles. The number of imide groups is 1. The Kier molecular flexibility index (Phi) is 24.4. The van der Waals surface area contributed by atoms with Gasteiger partial charge in [-0.15, -0.1) is 0 Å². The van der Waals surface area contributed by atoms with Gasteiger partial charge in [-0.25, -0.2) is 9.18 Å². The van der Waals surface area contributed by atoms with Crippen molar-refractivity contribution in [2.75, 3.05) is 140 Å². The molecular weight excluding hydrogens is 1230 g/mol. The lowest BCUT2D eigenvalue weighted by atomic mass is 10.0. The summed E-state index contributed by atoms with van der Waals surface area (Å²) >= 11 is 13.2. The number of urea groups is 1. The summed E-state index contributed by atoms with van der Waals surface area (Å²) in [6.07, 6.45) is 3.68. The highest BCUT2D eigenvalue weighted by atomic mass is 35.5. The molecule has 6 heterocycles. The van der Waals surface area contributed by atoms with Crippen molar-refractivity contribution in [1.82, 2.24) is 35.3 Å². The molecule has 3 N–H and O–H groups in total. The smallest absolute Gasteiger partial charge is 0.319 e. The number of benzene rings is 4. The van der Waals surface area contributed by atoms with Crippen molar-refractivity contribution < 1.29 is 61.5 Å². The number of nitrogens with zero attached hydrogens (tertiary/aromatic N) is 8. The van der Waals surface area contributed by atoms with Crippen molar-refractivity contribution in [1.29, 1.82) is 5.26 Å². The van der Waals surface area contributed by atoms with E-state index >= 15 is 0 Å². The first-order chi connectivity index (χ1) is 44.8. The molecule has 3 fully saturated rings. The normalized spacial score (nSPS) is 18.2. The first kappa shape index (κ1) is 67.3. The lowest BCUT2D eigenvalue weighted by Crippen LogP contribution is -2.55. The van der Waals surface area contributed by atoms with Gasteiger partial charge < -0.3 is 63.4 Å². The SMILES string of the molecule is C=C(F)C(=O)N1CCN(c2nc(OC[C@@H]3CCCN3CCOCCOCCOCCOCCOCCOCCc3cc(Cl)cc(NC(=O)NCc4ccc5c(c4)CN(C4CCC(=O)NC4=O)C5=O)c3)nc3c2CCN(c2cccc4cccc(Cl)c24)C3)C[C@@H]1CC#N. The van der Waals surface area contributed by atoms with Crippen LogP contribution in [0.25, 0.3) is 10.8 Å². The van der Waals surface area contributed by atoms with Crippen LogP contribution < -0.4 is 30.5 Å². The number of amides is 6. The number of carbonyl (C=O) groups excluding carboxylic acids is 5. The maximum Gasteiger partial charge on any atom is 0.319 e. The van der Waals surface area contributed by atoms with E-state index in [1.54, 1.807) is 18.2 Å². The summed E-state index contributed by atoms with van der Waals surface area (Å²) in [6.45, 7) is 12.9. The van der Waals surface area contributed by atoms with E-state index < -0.39 is 35.8 Å². The van der Waals surface area contributed by atoms with Crippen LogP contribution in [-0.4, -0.2) is 198 Å². The van der Waals surface area contributed by atoms with Gasteiger partial charge in [0.2, 0.25) is 11.8 Å². The van der Waals surface area contributed by atoms with E-state index in [4.69, 9.17) is 66.3 Å². The molecule has 0 radical (unpaired) electrons. The van der Waals surface area contributed by atoms with E-state index in [1.807, 2.05) is 36.4 Å². The van der Waals surface area contributed by atoms with E-state index in [1.165, 1.54) is 9.80 Å². The van der Waals surface area contributed by atoms with Gasteiger partial charge in [0.05, 0.1) is 115 Å². The molecule has 92 heavy (non-hydrogen) atoms. The van der Waals surface area contributed by atoms with Crippen LogP contribution in [0.5, 0.6) is 6.01 Å². The zero-order valence-electron chi connectivity index (χ0n) is 51.5. The predicted molar refractivity (Wildman–Crippen MR) is 342 cm³/mol. The second kappa shape index (κ2) is 33.3. The van der Waals surface area contributed by atoms with Gasteiger partial charge in [0, 0.05) is 91.2 Å². The molecule has 6 amide bonds. The number of anilines is 3. The third-order valence-corrected chi connectivity index (χ3v) is 17.4. The fraction of sp³-hybridized carbons (Fsp3) is 0.485. The number of hydrogen-bond acceptors (Lipinski definition) is 18. The molecule has 10 rings (SSSR count). The molecule has 23 nitrogen and oxygen atoms in total. The van der Waals surface area contributed by atoms with Crippen LogP contribution >= 0.6 is 23.2 Å². The Morgan fingerprint density at radius 3 is 2.20 bits per heavy atom. The molecule has 1 aromatic heterocycles. The fourth-order valence-electron chi connectivity index (χ4n) is 12.3. The highest BCUT2D eigenvalue weighted by Crippen LogP contribution is 2.38. The molecular formula is C66H78Cl2FN11O12. The number of likely N-dealkylation sites (tertiary alicyclic amines) is 1. The summed E-state index contributed by atoms with van der Waals surface area (Å²) in [5.41, 5.74) is 6.27. The van der Waals surface area contributed by atoms with E-state index in [0.717, 1.165) is 70.3 Å². The molecule has 26 heteroatoms. The average molecular weight is 1310 g/mol. The standard InChI is InChI=1S/C66H78Cl2FN11O12/c1-44(69)63(83)79-21-20-78(41-51(79)14-17-70)61-54-15-19-77(57-9-3-6-47-5-2-8-55(68)60(47)57)42-56(54)73-66(75-61)92-43-52-7-4-18-76(52)22-24-87-26-28-89-30-32-91-34-33-90-31-29-88-27-25-86-23-16-45-36-49(67)38-50(37-45)72-65(85)71-39-46-10-11-53-48(35-46)40-80(64(53)84)58-12-13-59(81)74-62(58)82/h2-3,5-6,8-11,35-38,51-52,58H,1,4,7,12-16,18-34,39-43H2,(H2,71,72,85)(H,74,81,82)/t51-,52-,58?/m0/s1. The van der Waals surface area contributed by atoms with E-state index in [-0.39, 0.29) is 62.8 Å². The Bertz CT molecular complexity index is 3480. The lowest BCUT2D eigenvalue weighted by molar-refractivity contribution is -0.137. The number of nitrogens with one attached hydrogen (secondary N) is 3. The van der Waals surface area contributed by atoms with Crippen molar-refractivity contribution in [3.63, 3.8) is 0 Å². The molecule has 0 spiro atoms. The molecule has 5 aromatic rings. The first-order valence-electron chi connectivity index (χ1n) is 31.3. The van der Waals surface area contributed by atoms with Gasteiger partial charge >= 0.3 is 12.0 Å². The van der Waals surface area contributed by atoms with Crippen molar-refractivity contribution >= 4 is 80.8 Å². The van der Waals surface area contributed by atoms with E-state index in [2.05, 4.69) is 61.5 Å². The summed E-state index contributed by atoms with van der Waals surface area (Å²) in [5, 5.41) is 20.8. The molecule has 490 valence electrons. The number of piperidine rings is 1. The van der Waals surface area contributed by atoms with Crippen LogP contribution in [0.3, 0.4) is 0 Å². The minimum atomic E-state index is -1.05. The second-order valence-electron chi connectivity index (χ2n) is 23.0. The van der Waals surface area contributed by atoms with Crippen LogP contribution in [0.1, 0.15) is 70.4 Å². The lowest BCUT2D eigenvalue weighted by Gasteiger charge is -2.42. The monoisotopic (exact) mass is 1310 g/mol. The number of halogens is 3. The van der Waals surface area contributed by atoms with Crippen LogP contribution in [0, 0.1) is 11.3 Å². The highest BCUT2D eigenvalue weighted by Gasteiger charge is 2.40. The Morgan fingerprint density at radius 1 is 0.761 bits per heavy atom. The molecule has 0 saturated carbocycles. The minimum absolute atomic E-state index is 0.0318. The maximum absolute atomic E-state index is 14.1. The first-order valence-corrected chi connectivity index (χ1v) is 32.1. The van der Waals surface area contributed by atoms with Gasteiger partial charge in [-0.3, -0.25) is 29.4 Å². The summed E-state index contributed by atoms with van der Waals surface area (Å²) < 4.78 is 55.0. The van der Waals surface area contributed by atoms with Gasteiger partial charge in [-0.1, -0.05) is 66.2 Å². The number of fused-ring (bicyclic) bond motifs is 3. The number of piperazine rings is 1. The van der Waals surface area contributed by atoms with Crippen LogP contribution in [0.15, 0.2) is 85.2 Å². The number of carbonyl (C=O) groups is 5. The molecule has 0 bridgehead atoms. The predicted octanol–water partition coefficient (Wildman–Crippen LogP) is 7.18. The largest absolute Gasteiger partial charge is 0.462 e. The van der Waals surface area contributed by atoms with Crippen molar-refractivity contribution in [2.24, 2.45) is 0 Å². The molecule has 0 aliphatic carbocycles. The number of aromatic nitrogens is 2. The van der Waals surface area contributed by atoms with Crippen molar-refractivity contribution in [3.05, 3.63) is 129 Å². The summed E-state index contributed by atoms with van der Waals surface area (Å²) in [4.78, 5) is 82.3. The Balaban J connectivity index is 0.555. The number of hydrogen-bond donors (Lipinski definition) is 3. The number of nitriles is 1. The summed E-state index contributed by atoms with van der Waals surface area (Å²) in [6, 6.07) is 23.6. The van der Waals surface area contributed by atoms with Gasteiger partial charge in [0.25, 0.3) is 11.8 Å². The Hall–Kier alpha value is -7.57.